The number of methoxy groups -OCH3 is 1. The molecule has 2 atom stereocenters. The van der Waals surface area contributed by atoms with E-state index in [9.17, 15) is 4.79 Å². The number of ether oxygens (including phenoxy) is 1. The second kappa shape index (κ2) is 8.45. The minimum absolute atomic E-state index is 0.145. The summed E-state index contributed by atoms with van der Waals surface area (Å²) in [5.41, 5.74) is 1.34. The maximum atomic E-state index is 12.8. The summed E-state index contributed by atoms with van der Waals surface area (Å²) in [7, 11) is 1.56. The molecule has 0 unspecified atom stereocenters. The van der Waals surface area contributed by atoms with E-state index >= 15 is 0 Å². The van der Waals surface area contributed by atoms with Crippen molar-refractivity contribution in [2.45, 2.75) is 24.8 Å². The number of hydrogen-bond donors (Lipinski definition) is 1. The zero-order valence-corrected chi connectivity index (χ0v) is 17.4. The number of benzene rings is 1. The number of rotatable bonds is 3. The fourth-order valence-electron chi connectivity index (χ4n) is 4.16. The maximum Gasteiger partial charge on any atom is 0.324 e. The van der Waals surface area contributed by atoms with E-state index in [1.54, 1.807) is 19.5 Å². The van der Waals surface area contributed by atoms with Gasteiger partial charge < -0.3 is 9.64 Å². The number of hydrogen-bond acceptors (Lipinski definition) is 5. The number of amides is 2. The number of aromatic nitrogens is 2. The van der Waals surface area contributed by atoms with Gasteiger partial charge in [-0.1, -0.05) is 28.1 Å². The van der Waals surface area contributed by atoms with Gasteiger partial charge >= 0.3 is 6.03 Å². The van der Waals surface area contributed by atoms with Crippen molar-refractivity contribution in [2.75, 3.05) is 38.6 Å². The van der Waals surface area contributed by atoms with Gasteiger partial charge in [0.1, 0.15) is 0 Å². The average molecular weight is 446 g/mol. The molecule has 0 saturated carbocycles. The summed E-state index contributed by atoms with van der Waals surface area (Å²) in [6.07, 6.45) is 5.20. The van der Waals surface area contributed by atoms with E-state index in [1.807, 2.05) is 4.90 Å². The molecule has 2 aromatic rings. The van der Waals surface area contributed by atoms with Crippen molar-refractivity contribution < 1.29 is 9.53 Å². The Bertz CT molecular complexity index is 814. The van der Waals surface area contributed by atoms with Gasteiger partial charge in [-0.15, -0.1) is 0 Å². The Kier molecular flexibility index (Phi) is 5.77. The van der Waals surface area contributed by atoms with Crippen molar-refractivity contribution in [3.63, 3.8) is 0 Å². The molecule has 3 heterocycles. The van der Waals surface area contributed by atoms with Crippen LogP contribution in [0.3, 0.4) is 0 Å². The van der Waals surface area contributed by atoms with Crippen LogP contribution in [0, 0.1) is 0 Å². The predicted octanol–water partition coefficient (Wildman–Crippen LogP) is 3.34. The lowest BCUT2D eigenvalue weighted by molar-refractivity contribution is 0.196. The summed E-state index contributed by atoms with van der Waals surface area (Å²) >= 11 is 3.51. The molecule has 2 aliphatic rings. The van der Waals surface area contributed by atoms with E-state index in [-0.39, 0.29) is 6.03 Å². The van der Waals surface area contributed by atoms with Crippen molar-refractivity contribution in [1.82, 2.24) is 19.8 Å². The smallest absolute Gasteiger partial charge is 0.324 e. The normalized spacial score (nSPS) is 22.4. The third-order valence-corrected chi connectivity index (χ3v) is 6.14. The lowest BCUT2D eigenvalue weighted by atomic mass is 9.91. The number of nitrogens with one attached hydrogen (secondary N) is 1. The van der Waals surface area contributed by atoms with E-state index in [2.05, 4.69) is 60.4 Å². The Hall–Kier alpha value is -2.19. The summed E-state index contributed by atoms with van der Waals surface area (Å²) in [5.74, 6) is 1.30. The van der Waals surface area contributed by atoms with Gasteiger partial charge in [0.15, 0.2) is 5.75 Å². The number of carbonyl (C=O) groups excluding carboxylic acids is 1. The molecule has 0 radical (unpaired) electrons. The van der Waals surface area contributed by atoms with Crippen LogP contribution < -0.4 is 10.1 Å². The molecule has 28 heavy (non-hydrogen) atoms. The van der Waals surface area contributed by atoms with Gasteiger partial charge in [-0.05, 0) is 37.1 Å². The molecule has 2 aliphatic heterocycles. The molecule has 1 aromatic heterocycles. The predicted molar refractivity (Wildman–Crippen MR) is 111 cm³/mol. The highest BCUT2D eigenvalue weighted by molar-refractivity contribution is 9.10. The van der Waals surface area contributed by atoms with Gasteiger partial charge in [0.2, 0.25) is 5.95 Å². The molecule has 148 valence electrons. The lowest BCUT2D eigenvalue weighted by Crippen LogP contribution is -2.43. The van der Waals surface area contributed by atoms with Gasteiger partial charge in [-0.25, -0.2) is 14.8 Å². The largest absolute Gasteiger partial charge is 0.494 e. The first kappa shape index (κ1) is 19.1. The van der Waals surface area contributed by atoms with Crippen molar-refractivity contribution in [3.8, 4) is 5.75 Å². The Labute approximate surface area is 173 Å². The number of fused-ring (bicyclic) bond motifs is 1. The molecule has 8 heteroatoms. The molecule has 0 bridgehead atoms. The van der Waals surface area contributed by atoms with Crippen molar-refractivity contribution in [2.24, 2.45) is 0 Å². The van der Waals surface area contributed by atoms with Crippen molar-refractivity contribution in [3.05, 3.63) is 46.7 Å². The first-order valence-corrected chi connectivity index (χ1v) is 10.3. The molecule has 7 nitrogen and oxygen atoms in total. The van der Waals surface area contributed by atoms with Crippen LogP contribution in [0.25, 0.3) is 0 Å². The topological polar surface area (TPSA) is 70.6 Å². The minimum atomic E-state index is -0.145. The van der Waals surface area contributed by atoms with Crippen LogP contribution in [0.2, 0.25) is 0 Å². The van der Waals surface area contributed by atoms with Crippen molar-refractivity contribution >= 4 is 27.9 Å². The van der Waals surface area contributed by atoms with Crippen molar-refractivity contribution in [1.29, 1.82) is 0 Å². The van der Waals surface area contributed by atoms with E-state index in [1.165, 1.54) is 5.56 Å². The van der Waals surface area contributed by atoms with Crippen LogP contribution in [0.15, 0.2) is 41.1 Å². The number of urea groups is 1. The Balaban J connectivity index is 1.46. The number of nitrogens with zero attached hydrogens (tertiary/aromatic N) is 4. The molecule has 1 aromatic carbocycles. The zero-order chi connectivity index (χ0) is 19.5. The number of halogens is 1. The minimum Gasteiger partial charge on any atom is -0.494 e. The van der Waals surface area contributed by atoms with Gasteiger partial charge in [-0.3, -0.25) is 10.2 Å². The number of anilines is 1. The van der Waals surface area contributed by atoms with E-state index in [4.69, 9.17) is 4.74 Å². The van der Waals surface area contributed by atoms with E-state index in [0.29, 0.717) is 30.2 Å². The molecular weight excluding hydrogens is 422 g/mol. The molecule has 2 amide bonds. The summed E-state index contributed by atoms with van der Waals surface area (Å²) in [6, 6.07) is 8.78. The highest BCUT2D eigenvalue weighted by Gasteiger charge is 2.38. The fourth-order valence-corrected chi connectivity index (χ4v) is 4.43. The molecule has 0 spiro atoms. The van der Waals surface area contributed by atoms with E-state index < -0.39 is 0 Å². The van der Waals surface area contributed by atoms with Gasteiger partial charge in [0.05, 0.1) is 19.5 Å². The molecule has 2 fully saturated rings. The molecule has 0 aliphatic carbocycles. The third-order valence-electron chi connectivity index (χ3n) is 5.61. The van der Waals surface area contributed by atoms with Crippen LogP contribution in [-0.2, 0) is 0 Å². The zero-order valence-electron chi connectivity index (χ0n) is 15.8. The van der Waals surface area contributed by atoms with Crippen LogP contribution in [-0.4, -0.2) is 65.1 Å². The Morgan fingerprint density at radius 1 is 1.18 bits per heavy atom. The van der Waals surface area contributed by atoms with Crippen LogP contribution in [0.5, 0.6) is 5.75 Å². The molecule has 2 saturated heterocycles. The summed E-state index contributed by atoms with van der Waals surface area (Å²) in [6.45, 7) is 3.56. The van der Waals surface area contributed by atoms with Crippen LogP contribution >= 0.6 is 15.9 Å². The first-order chi connectivity index (χ1) is 13.6. The van der Waals surface area contributed by atoms with Gasteiger partial charge in [-0.2, -0.15) is 0 Å². The molecular formula is C20H24BrN5O2. The quantitative estimate of drug-likeness (QED) is 0.783. The Morgan fingerprint density at radius 3 is 2.64 bits per heavy atom. The highest BCUT2D eigenvalue weighted by atomic mass is 79.9. The summed E-state index contributed by atoms with van der Waals surface area (Å²) < 4.78 is 6.15. The Morgan fingerprint density at radius 2 is 1.93 bits per heavy atom. The first-order valence-electron chi connectivity index (χ1n) is 9.55. The third kappa shape index (κ3) is 4.12. The standard InChI is InChI=1S/C20H24BrN5O2/c1-28-16-11-22-19(23-12-16)24-20(27)26-9-2-8-25-10-7-17(18(25)13-26)14-3-5-15(21)6-4-14/h3-6,11-12,17-18H,2,7-10,13H2,1H3,(H,22,23,24,27)/t17-,18+/m1/s1. The van der Waals surface area contributed by atoms with Crippen LogP contribution in [0.1, 0.15) is 24.3 Å². The van der Waals surface area contributed by atoms with E-state index in [0.717, 1.165) is 36.9 Å². The lowest BCUT2D eigenvalue weighted by Gasteiger charge is -2.29. The number of carbonyl (C=O) groups is 1. The molecule has 1 N–H and O–H groups in total. The maximum absolute atomic E-state index is 12.8. The van der Waals surface area contributed by atoms with Gasteiger partial charge in [0, 0.05) is 36.1 Å². The fraction of sp³-hybridized carbons (Fsp3) is 0.450. The average Bonchev–Trinajstić information content (AvgIpc) is 2.98. The summed E-state index contributed by atoms with van der Waals surface area (Å²) in [5, 5.41) is 2.82. The monoisotopic (exact) mass is 445 g/mol. The SMILES string of the molecule is COc1cnc(NC(=O)N2CCCN3CC[C@H](c4ccc(Br)cc4)[C@@H]3C2)nc1. The summed E-state index contributed by atoms with van der Waals surface area (Å²) in [4.78, 5) is 25.5. The highest BCUT2D eigenvalue weighted by Crippen LogP contribution is 2.35. The second-order valence-electron chi connectivity index (χ2n) is 7.23. The molecule has 4 rings (SSSR count). The van der Waals surface area contributed by atoms with Crippen LogP contribution in [0.4, 0.5) is 10.7 Å². The van der Waals surface area contributed by atoms with Gasteiger partial charge in [0.25, 0.3) is 0 Å². The second-order valence-corrected chi connectivity index (χ2v) is 8.14.